The number of carbonyl (C=O) groups excluding carboxylic acids is 2. The Kier molecular flexibility index (Phi) is 11.3. The predicted octanol–water partition coefficient (Wildman–Crippen LogP) is 5.89. The van der Waals surface area contributed by atoms with E-state index in [-0.39, 0.29) is 29.3 Å². The molecule has 7 nitrogen and oxygen atoms in total. The second-order valence-electron chi connectivity index (χ2n) is 10.6. The van der Waals surface area contributed by atoms with Crippen LogP contribution in [-0.4, -0.2) is 44.3 Å². The van der Waals surface area contributed by atoms with E-state index in [4.69, 9.17) is 0 Å². The third kappa shape index (κ3) is 8.32. The lowest BCUT2D eigenvalue weighted by Gasteiger charge is -2.34. The van der Waals surface area contributed by atoms with Crippen molar-refractivity contribution in [2.24, 2.45) is 0 Å². The Morgan fingerprint density at radius 2 is 1.45 bits per heavy atom. The molecule has 0 bridgehead atoms. The normalized spacial score (nSPS) is 11.9. The zero-order chi connectivity index (χ0) is 31.5. The highest BCUT2D eigenvalue weighted by molar-refractivity contribution is 7.92. The summed E-state index contributed by atoms with van der Waals surface area (Å²) in [6, 6.07) is 29.0. The smallest absolute Gasteiger partial charge is 0.264 e. The van der Waals surface area contributed by atoms with E-state index in [1.807, 2.05) is 44.2 Å². The SMILES string of the molecule is CCCCNC(=O)C(Cc1ccccc1)N(Cc1ccccc1F)C(=O)CN(c1ccccc1)S(=O)(=O)c1ccc(C)cc1. The minimum Gasteiger partial charge on any atom is -0.354 e. The molecule has 0 aliphatic rings. The molecule has 0 spiro atoms. The van der Waals surface area contributed by atoms with Crippen molar-refractivity contribution in [3.63, 3.8) is 0 Å². The number of sulfonamides is 1. The van der Waals surface area contributed by atoms with Gasteiger partial charge in [-0.05, 0) is 49.2 Å². The molecule has 230 valence electrons. The van der Waals surface area contributed by atoms with E-state index in [2.05, 4.69) is 5.32 Å². The van der Waals surface area contributed by atoms with E-state index in [1.54, 1.807) is 60.7 Å². The molecule has 9 heteroatoms. The number of carbonyl (C=O) groups is 2. The highest BCUT2D eigenvalue weighted by Gasteiger charge is 2.34. The molecule has 0 aliphatic carbocycles. The molecule has 2 amide bonds. The molecule has 1 unspecified atom stereocenters. The van der Waals surface area contributed by atoms with E-state index in [1.165, 1.54) is 23.1 Å². The molecule has 4 aromatic rings. The average molecular weight is 616 g/mol. The van der Waals surface area contributed by atoms with Crippen LogP contribution in [0.2, 0.25) is 0 Å². The monoisotopic (exact) mass is 615 g/mol. The van der Waals surface area contributed by atoms with Gasteiger partial charge in [-0.3, -0.25) is 13.9 Å². The third-order valence-corrected chi connectivity index (χ3v) is 9.12. The number of hydrogen-bond donors (Lipinski definition) is 1. The van der Waals surface area contributed by atoms with Gasteiger partial charge in [0.05, 0.1) is 10.6 Å². The number of nitrogens with one attached hydrogen (secondary N) is 1. The summed E-state index contributed by atoms with van der Waals surface area (Å²) in [5.74, 6) is -1.55. The number of rotatable bonds is 14. The lowest BCUT2D eigenvalue weighted by molar-refractivity contribution is -0.140. The number of benzene rings is 4. The molecule has 0 heterocycles. The molecule has 1 atom stereocenters. The molecule has 0 radical (unpaired) electrons. The van der Waals surface area contributed by atoms with Gasteiger partial charge in [0.25, 0.3) is 10.0 Å². The molecule has 1 N–H and O–H groups in total. The maximum atomic E-state index is 15.0. The van der Waals surface area contributed by atoms with Gasteiger partial charge in [-0.1, -0.05) is 97.8 Å². The Labute approximate surface area is 259 Å². The van der Waals surface area contributed by atoms with Gasteiger partial charge in [0.2, 0.25) is 11.8 Å². The van der Waals surface area contributed by atoms with Crippen molar-refractivity contribution in [2.45, 2.75) is 50.6 Å². The lowest BCUT2D eigenvalue weighted by atomic mass is 10.0. The van der Waals surface area contributed by atoms with Gasteiger partial charge >= 0.3 is 0 Å². The van der Waals surface area contributed by atoms with Crippen molar-refractivity contribution in [3.8, 4) is 0 Å². The minimum atomic E-state index is -4.19. The van der Waals surface area contributed by atoms with E-state index in [0.717, 1.165) is 28.3 Å². The molecule has 0 saturated carbocycles. The van der Waals surface area contributed by atoms with Gasteiger partial charge < -0.3 is 10.2 Å². The topological polar surface area (TPSA) is 86.8 Å². The lowest BCUT2D eigenvalue weighted by Crippen LogP contribution is -2.53. The molecular formula is C35H38FN3O4S. The second kappa shape index (κ2) is 15.3. The van der Waals surface area contributed by atoms with Crippen LogP contribution < -0.4 is 9.62 Å². The summed E-state index contributed by atoms with van der Waals surface area (Å²) < 4.78 is 44.0. The van der Waals surface area contributed by atoms with Gasteiger partial charge in [0.1, 0.15) is 18.4 Å². The van der Waals surface area contributed by atoms with Crippen LogP contribution in [0, 0.1) is 12.7 Å². The van der Waals surface area contributed by atoms with Crippen LogP contribution in [0.5, 0.6) is 0 Å². The number of hydrogen-bond acceptors (Lipinski definition) is 4. The van der Waals surface area contributed by atoms with E-state index < -0.39 is 34.3 Å². The van der Waals surface area contributed by atoms with Gasteiger partial charge in [0.15, 0.2) is 0 Å². The van der Waals surface area contributed by atoms with Crippen LogP contribution in [-0.2, 0) is 32.6 Å². The first-order valence-corrected chi connectivity index (χ1v) is 16.1. The molecule has 0 aromatic heterocycles. The summed E-state index contributed by atoms with van der Waals surface area (Å²) in [6.45, 7) is 3.46. The number of anilines is 1. The Morgan fingerprint density at radius 1 is 0.841 bits per heavy atom. The summed E-state index contributed by atoms with van der Waals surface area (Å²) in [5.41, 5.74) is 2.20. The van der Waals surface area contributed by atoms with Crippen molar-refractivity contribution < 1.29 is 22.4 Å². The Morgan fingerprint density at radius 3 is 2.09 bits per heavy atom. The molecule has 44 heavy (non-hydrogen) atoms. The molecule has 0 aliphatic heterocycles. The van der Waals surface area contributed by atoms with Gasteiger partial charge in [-0.2, -0.15) is 0 Å². The number of unbranched alkanes of at least 4 members (excludes halogenated alkanes) is 1. The number of nitrogens with zero attached hydrogens (tertiary/aromatic N) is 2. The highest BCUT2D eigenvalue weighted by Crippen LogP contribution is 2.25. The van der Waals surface area contributed by atoms with Crippen molar-refractivity contribution in [2.75, 3.05) is 17.4 Å². The quantitative estimate of drug-likeness (QED) is 0.179. The molecule has 0 fully saturated rings. The summed E-state index contributed by atoms with van der Waals surface area (Å²) in [6.07, 6.45) is 1.78. The largest absolute Gasteiger partial charge is 0.354 e. The first-order valence-electron chi connectivity index (χ1n) is 14.7. The fraction of sp³-hybridized carbons (Fsp3) is 0.257. The van der Waals surface area contributed by atoms with Crippen LogP contribution in [0.3, 0.4) is 0 Å². The maximum Gasteiger partial charge on any atom is 0.264 e. The second-order valence-corrected chi connectivity index (χ2v) is 12.5. The molecule has 4 rings (SSSR count). The van der Waals surface area contributed by atoms with Crippen molar-refractivity contribution >= 4 is 27.5 Å². The zero-order valence-electron chi connectivity index (χ0n) is 25.0. The molecular weight excluding hydrogens is 577 g/mol. The summed E-state index contributed by atoms with van der Waals surface area (Å²) >= 11 is 0. The highest BCUT2D eigenvalue weighted by atomic mass is 32.2. The maximum absolute atomic E-state index is 15.0. The number of para-hydroxylation sites is 1. The first kappa shape index (κ1) is 32.4. The van der Waals surface area contributed by atoms with E-state index in [0.29, 0.717) is 12.2 Å². The Balaban J connectivity index is 1.78. The molecule has 4 aromatic carbocycles. The number of halogens is 1. The minimum absolute atomic E-state index is 0.0264. The van der Waals surface area contributed by atoms with Gasteiger partial charge in [-0.25, -0.2) is 12.8 Å². The Bertz CT molecular complexity index is 1630. The number of amides is 2. The predicted molar refractivity (Wildman–Crippen MR) is 171 cm³/mol. The van der Waals surface area contributed by atoms with E-state index in [9.17, 15) is 22.4 Å². The third-order valence-electron chi connectivity index (χ3n) is 7.33. The van der Waals surface area contributed by atoms with Crippen molar-refractivity contribution in [1.29, 1.82) is 0 Å². The van der Waals surface area contributed by atoms with Crippen LogP contribution >= 0.6 is 0 Å². The van der Waals surface area contributed by atoms with Crippen LogP contribution in [0.4, 0.5) is 10.1 Å². The average Bonchev–Trinajstić information content (AvgIpc) is 3.03. The zero-order valence-corrected chi connectivity index (χ0v) is 25.8. The first-order chi connectivity index (χ1) is 21.2. The number of aryl methyl sites for hydroxylation is 1. The van der Waals surface area contributed by atoms with Crippen molar-refractivity contribution in [1.82, 2.24) is 10.2 Å². The summed E-state index contributed by atoms with van der Waals surface area (Å²) in [7, 11) is -4.19. The van der Waals surface area contributed by atoms with Crippen LogP contribution in [0.15, 0.2) is 114 Å². The van der Waals surface area contributed by atoms with Gasteiger partial charge in [0, 0.05) is 25.1 Å². The van der Waals surface area contributed by atoms with Crippen LogP contribution in [0.25, 0.3) is 0 Å². The fourth-order valence-corrected chi connectivity index (χ4v) is 6.24. The van der Waals surface area contributed by atoms with Crippen LogP contribution in [0.1, 0.15) is 36.5 Å². The fourth-order valence-electron chi connectivity index (χ4n) is 4.83. The summed E-state index contributed by atoms with van der Waals surface area (Å²) in [5, 5.41) is 2.93. The van der Waals surface area contributed by atoms with E-state index >= 15 is 0 Å². The van der Waals surface area contributed by atoms with Crippen molar-refractivity contribution in [3.05, 3.63) is 132 Å². The molecule has 0 saturated heterocycles. The van der Waals surface area contributed by atoms with Gasteiger partial charge in [-0.15, -0.1) is 0 Å². The Hall–Kier alpha value is -4.50. The summed E-state index contributed by atoms with van der Waals surface area (Å²) in [4.78, 5) is 29.4. The standard InChI is InChI=1S/C35H38FN3O4S/c1-3-4-23-37-35(41)33(24-28-13-7-5-8-14-28)38(25-29-15-11-12-18-32(29)36)34(40)26-39(30-16-9-6-10-17-30)44(42,43)31-21-19-27(2)20-22-31/h5-22,33H,3-4,23-26H2,1-2H3,(H,37,41).